The Bertz CT molecular complexity index is 1430. The minimum absolute atomic E-state index is 0.0451. The molecule has 2 aliphatic heterocycles. The highest BCUT2D eigenvalue weighted by Crippen LogP contribution is 2.47. The summed E-state index contributed by atoms with van der Waals surface area (Å²) in [7, 11) is 1.90. The molecule has 2 aromatic carbocycles. The van der Waals surface area contributed by atoms with Gasteiger partial charge in [-0.15, -0.1) is 10.2 Å². The van der Waals surface area contributed by atoms with E-state index in [-0.39, 0.29) is 35.1 Å². The molecule has 1 amide bonds. The largest absolute Gasteiger partial charge is 0.483 e. The fourth-order valence-electron chi connectivity index (χ4n) is 5.65. The van der Waals surface area contributed by atoms with Gasteiger partial charge in [0.2, 0.25) is 0 Å². The number of hydrogen-bond donors (Lipinski definition) is 2. The number of halogens is 3. The first-order chi connectivity index (χ1) is 19.0. The Balaban J connectivity index is 0.00000103. The second-order valence-corrected chi connectivity index (χ2v) is 11.8. The SMILES string of the molecule is Cn1cnnc1C1(c2cccc(N3Cc4c(cc(CNC5(C)CCC5)cc4C(F)(F)F)C3=O)c2)CSC1.O=CO. The van der Waals surface area contributed by atoms with Crippen LogP contribution in [0.3, 0.4) is 0 Å². The van der Waals surface area contributed by atoms with E-state index in [1.807, 2.05) is 29.8 Å². The zero-order valence-corrected chi connectivity index (χ0v) is 23.0. The van der Waals surface area contributed by atoms with E-state index in [9.17, 15) is 18.0 Å². The molecule has 3 aliphatic rings. The average molecular weight is 574 g/mol. The molecule has 0 radical (unpaired) electrons. The van der Waals surface area contributed by atoms with E-state index in [0.717, 1.165) is 42.2 Å². The quantitative estimate of drug-likeness (QED) is 0.410. The van der Waals surface area contributed by atoms with Gasteiger partial charge in [-0.05, 0) is 67.1 Å². The summed E-state index contributed by atoms with van der Waals surface area (Å²) < 4.78 is 44.3. The predicted molar refractivity (Wildman–Crippen MR) is 145 cm³/mol. The number of aromatic nitrogens is 3. The predicted octanol–water partition coefficient (Wildman–Crippen LogP) is 4.76. The Kier molecular flexibility index (Phi) is 7.43. The summed E-state index contributed by atoms with van der Waals surface area (Å²) in [4.78, 5) is 23.4. The molecular formula is C28H30F3N5O3S. The smallest absolute Gasteiger partial charge is 0.416 e. The highest BCUT2D eigenvalue weighted by Gasteiger charge is 2.46. The van der Waals surface area contributed by atoms with E-state index < -0.39 is 17.6 Å². The molecule has 12 heteroatoms. The topological polar surface area (TPSA) is 100 Å². The fourth-order valence-corrected chi connectivity index (χ4v) is 6.85. The van der Waals surface area contributed by atoms with E-state index in [2.05, 4.69) is 22.4 Å². The van der Waals surface area contributed by atoms with Crippen molar-refractivity contribution in [2.75, 3.05) is 16.4 Å². The first kappa shape index (κ1) is 28.2. The van der Waals surface area contributed by atoms with Crippen molar-refractivity contribution in [2.45, 2.75) is 56.4 Å². The van der Waals surface area contributed by atoms with Crippen LogP contribution in [0.25, 0.3) is 0 Å². The monoisotopic (exact) mass is 573 g/mol. The molecule has 1 saturated heterocycles. The summed E-state index contributed by atoms with van der Waals surface area (Å²) >= 11 is 1.80. The van der Waals surface area contributed by atoms with Gasteiger partial charge in [0, 0.05) is 41.9 Å². The summed E-state index contributed by atoms with van der Waals surface area (Å²) in [5, 5.41) is 18.7. The Morgan fingerprint density at radius 2 is 1.93 bits per heavy atom. The molecule has 1 saturated carbocycles. The second kappa shape index (κ2) is 10.5. The van der Waals surface area contributed by atoms with Crippen molar-refractivity contribution in [2.24, 2.45) is 7.05 Å². The molecule has 1 aromatic heterocycles. The number of aryl methyl sites for hydroxylation is 1. The Morgan fingerprint density at radius 3 is 2.48 bits per heavy atom. The van der Waals surface area contributed by atoms with Crippen LogP contribution in [0.5, 0.6) is 0 Å². The first-order valence-electron chi connectivity index (χ1n) is 12.9. The van der Waals surface area contributed by atoms with Crippen LogP contribution < -0.4 is 10.2 Å². The normalized spacial score (nSPS) is 18.7. The fraction of sp³-hybridized carbons (Fsp3) is 0.429. The summed E-state index contributed by atoms with van der Waals surface area (Å²) in [5.41, 5.74) is 1.13. The number of alkyl halides is 3. The summed E-state index contributed by atoms with van der Waals surface area (Å²) in [6.45, 7) is 2.03. The molecule has 8 nitrogen and oxygen atoms in total. The minimum atomic E-state index is -4.54. The minimum Gasteiger partial charge on any atom is -0.483 e. The molecule has 1 aliphatic carbocycles. The van der Waals surface area contributed by atoms with Gasteiger partial charge in [-0.25, -0.2) is 0 Å². The standard InChI is InChI=1S/C27H28F3N5OS.CH2O2/c1-25(7-4-8-25)31-12-17-9-20-21(22(10-17)27(28,29)30)13-35(23(20)36)19-6-3-5-18(11-19)26(14-37-15-26)24-33-32-16-34(24)2;2-1-3/h3,5-6,9-11,16,31H,4,7-8,12-15H2,1-2H3;1H,(H,2,3). The molecule has 2 N–H and O–H groups in total. The zero-order valence-electron chi connectivity index (χ0n) is 22.2. The van der Waals surface area contributed by atoms with E-state index in [4.69, 9.17) is 9.90 Å². The van der Waals surface area contributed by atoms with E-state index in [0.29, 0.717) is 17.8 Å². The van der Waals surface area contributed by atoms with E-state index >= 15 is 0 Å². The number of carbonyl (C=O) groups is 2. The van der Waals surface area contributed by atoms with Crippen molar-refractivity contribution in [3.05, 3.63) is 76.4 Å². The number of anilines is 1. The third-order valence-electron chi connectivity index (χ3n) is 8.13. The number of thioether (sulfide) groups is 1. The number of amides is 1. The molecule has 40 heavy (non-hydrogen) atoms. The van der Waals surface area contributed by atoms with Crippen molar-refractivity contribution in [3.8, 4) is 0 Å². The summed E-state index contributed by atoms with van der Waals surface area (Å²) in [6, 6.07) is 10.4. The van der Waals surface area contributed by atoms with Gasteiger partial charge in [0.25, 0.3) is 12.4 Å². The van der Waals surface area contributed by atoms with E-state index in [1.54, 1.807) is 30.2 Å². The maximum absolute atomic E-state index is 14.1. The van der Waals surface area contributed by atoms with Crippen molar-refractivity contribution in [3.63, 3.8) is 0 Å². The van der Waals surface area contributed by atoms with Crippen LogP contribution in [0.1, 0.15) is 64.6 Å². The lowest BCUT2D eigenvalue weighted by Gasteiger charge is -2.40. The van der Waals surface area contributed by atoms with Crippen LogP contribution in [0.15, 0.2) is 42.7 Å². The van der Waals surface area contributed by atoms with Crippen molar-refractivity contribution >= 4 is 29.8 Å². The average Bonchev–Trinajstić information content (AvgIpc) is 3.44. The van der Waals surface area contributed by atoms with Gasteiger partial charge in [-0.1, -0.05) is 12.1 Å². The van der Waals surface area contributed by atoms with Crippen LogP contribution in [-0.2, 0) is 36.5 Å². The maximum Gasteiger partial charge on any atom is 0.416 e. The molecule has 212 valence electrons. The number of carboxylic acid groups (broad SMARTS) is 1. The number of nitrogens with zero attached hydrogens (tertiary/aromatic N) is 4. The number of rotatable bonds is 6. The van der Waals surface area contributed by atoms with Crippen LogP contribution in [0.4, 0.5) is 18.9 Å². The van der Waals surface area contributed by atoms with Gasteiger partial charge < -0.3 is 19.9 Å². The Morgan fingerprint density at radius 1 is 1.20 bits per heavy atom. The van der Waals surface area contributed by atoms with Gasteiger partial charge in [0.15, 0.2) is 0 Å². The number of hydrogen-bond acceptors (Lipinski definition) is 6. The number of nitrogens with one attached hydrogen (secondary N) is 1. The zero-order chi connectivity index (χ0) is 28.7. The molecule has 0 bridgehead atoms. The molecule has 0 unspecified atom stereocenters. The van der Waals surface area contributed by atoms with Gasteiger partial charge in [0.05, 0.1) is 17.5 Å². The third kappa shape index (κ3) is 4.98. The lowest BCUT2D eigenvalue weighted by molar-refractivity contribution is -0.138. The maximum atomic E-state index is 14.1. The molecule has 0 spiro atoms. The molecule has 3 aromatic rings. The number of fused-ring (bicyclic) bond motifs is 1. The molecule has 3 heterocycles. The molecule has 2 fully saturated rings. The number of benzene rings is 2. The van der Waals surface area contributed by atoms with Gasteiger partial charge >= 0.3 is 6.18 Å². The molecule has 0 atom stereocenters. The highest BCUT2D eigenvalue weighted by atomic mass is 32.2. The van der Waals surface area contributed by atoms with Crippen molar-refractivity contribution in [1.82, 2.24) is 20.1 Å². The Hall–Kier alpha value is -3.38. The lowest BCUT2D eigenvalue weighted by atomic mass is 9.78. The highest BCUT2D eigenvalue weighted by molar-refractivity contribution is 8.00. The van der Waals surface area contributed by atoms with Crippen LogP contribution in [0.2, 0.25) is 0 Å². The van der Waals surface area contributed by atoms with Crippen molar-refractivity contribution in [1.29, 1.82) is 0 Å². The van der Waals surface area contributed by atoms with Gasteiger partial charge in [0.1, 0.15) is 12.2 Å². The van der Waals surface area contributed by atoms with Gasteiger partial charge in [-0.2, -0.15) is 24.9 Å². The summed E-state index contributed by atoms with van der Waals surface area (Å²) in [5.74, 6) is 2.09. The van der Waals surface area contributed by atoms with Crippen LogP contribution >= 0.6 is 11.8 Å². The molecular weight excluding hydrogens is 543 g/mol. The van der Waals surface area contributed by atoms with Gasteiger partial charge in [-0.3, -0.25) is 9.59 Å². The number of carbonyl (C=O) groups excluding carboxylic acids is 1. The van der Waals surface area contributed by atoms with Crippen LogP contribution in [-0.4, -0.2) is 49.3 Å². The second-order valence-electron chi connectivity index (χ2n) is 10.8. The molecule has 6 rings (SSSR count). The van der Waals surface area contributed by atoms with E-state index in [1.165, 1.54) is 11.0 Å². The Labute approximate surface area is 234 Å². The van der Waals surface area contributed by atoms with Crippen LogP contribution in [0, 0.1) is 0 Å². The van der Waals surface area contributed by atoms with Crippen molar-refractivity contribution < 1.29 is 27.9 Å². The first-order valence-corrected chi connectivity index (χ1v) is 14.1. The third-order valence-corrected chi connectivity index (χ3v) is 9.52. The summed E-state index contributed by atoms with van der Waals surface area (Å²) in [6.07, 6.45) is 0.242. The lowest BCUT2D eigenvalue weighted by Crippen LogP contribution is -2.47.